The van der Waals surface area contributed by atoms with Gasteiger partial charge in [-0.1, -0.05) is 0 Å². The van der Waals surface area contributed by atoms with Crippen molar-refractivity contribution in [2.24, 2.45) is 0 Å². The Balaban J connectivity index is 2.23. The van der Waals surface area contributed by atoms with Gasteiger partial charge in [0.15, 0.2) is 0 Å². The number of imide groups is 1. The Bertz CT molecular complexity index is 558. The maximum absolute atomic E-state index is 12.4. The van der Waals surface area contributed by atoms with Gasteiger partial charge in [-0.15, -0.1) is 0 Å². The summed E-state index contributed by atoms with van der Waals surface area (Å²) in [5, 5.41) is 5.21. The Kier molecular flexibility index (Phi) is 3.97. The van der Waals surface area contributed by atoms with Crippen LogP contribution < -0.4 is 10.6 Å². The van der Waals surface area contributed by atoms with Crippen LogP contribution in [0.25, 0.3) is 0 Å². The molecule has 7 heteroatoms. The van der Waals surface area contributed by atoms with Gasteiger partial charge in [0, 0.05) is 18.3 Å². The topological polar surface area (TPSA) is 91.4 Å². The molecule has 2 N–H and O–H groups in total. The fourth-order valence-electron chi connectivity index (χ4n) is 1.97. The minimum atomic E-state index is -0.670. The van der Waals surface area contributed by atoms with Crippen LogP contribution >= 0.6 is 0 Å². The van der Waals surface area contributed by atoms with Crippen molar-refractivity contribution in [3.05, 3.63) is 23.9 Å². The predicted molar refractivity (Wildman–Crippen MR) is 72.0 cm³/mol. The first kappa shape index (κ1) is 14.0. The third-order valence-corrected chi connectivity index (χ3v) is 3.05. The highest BCUT2D eigenvalue weighted by atomic mass is 16.2. The van der Waals surface area contributed by atoms with E-state index in [4.69, 9.17) is 0 Å². The predicted octanol–water partition coefficient (Wildman–Crippen LogP) is 0.000500. The van der Waals surface area contributed by atoms with E-state index < -0.39 is 17.9 Å². The van der Waals surface area contributed by atoms with Crippen molar-refractivity contribution in [3.8, 4) is 0 Å². The standard InChI is InChI=1S/C13H16N4O3/c1-3-14-10-6-9(4-5-15-10)13(20)17-7-11(18)16-12(19)8(17)2/h4-6,8H,3,7H2,1-2H3,(H,14,15)(H,16,18,19). The lowest BCUT2D eigenvalue weighted by molar-refractivity contribution is -0.138. The monoisotopic (exact) mass is 276 g/mol. The van der Waals surface area contributed by atoms with Gasteiger partial charge in [-0.05, 0) is 26.0 Å². The van der Waals surface area contributed by atoms with Crippen molar-refractivity contribution in [2.45, 2.75) is 19.9 Å². The fraction of sp³-hybridized carbons (Fsp3) is 0.385. The summed E-state index contributed by atoms with van der Waals surface area (Å²) in [6, 6.07) is 2.50. The number of nitrogens with one attached hydrogen (secondary N) is 2. The Morgan fingerprint density at radius 3 is 3.00 bits per heavy atom. The number of pyridine rings is 1. The van der Waals surface area contributed by atoms with Gasteiger partial charge in [-0.3, -0.25) is 19.7 Å². The smallest absolute Gasteiger partial charge is 0.255 e. The second-order valence-electron chi connectivity index (χ2n) is 4.48. The first-order valence-electron chi connectivity index (χ1n) is 6.37. The molecule has 1 unspecified atom stereocenters. The minimum absolute atomic E-state index is 0.120. The molecule has 7 nitrogen and oxygen atoms in total. The van der Waals surface area contributed by atoms with Gasteiger partial charge in [-0.25, -0.2) is 4.98 Å². The summed E-state index contributed by atoms with van der Waals surface area (Å²) >= 11 is 0. The van der Waals surface area contributed by atoms with E-state index in [1.165, 1.54) is 11.1 Å². The second kappa shape index (κ2) is 5.68. The molecular weight excluding hydrogens is 260 g/mol. The average Bonchev–Trinajstić information content (AvgIpc) is 2.43. The largest absolute Gasteiger partial charge is 0.370 e. The molecule has 1 aliphatic heterocycles. The summed E-state index contributed by atoms with van der Waals surface area (Å²) < 4.78 is 0. The fourth-order valence-corrected chi connectivity index (χ4v) is 1.97. The quantitative estimate of drug-likeness (QED) is 0.758. The third kappa shape index (κ3) is 2.76. The Morgan fingerprint density at radius 2 is 2.30 bits per heavy atom. The minimum Gasteiger partial charge on any atom is -0.370 e. The van der Waals surface area contributed by atoms with Crippen LogP contribution in [0.3, 0.4) is 0 Å². The first-order valence-corrected chi connectivity index (χ1v) is 6.37. The molecule has 0 spiro atoms. The second-order valence-corrected chi connectivity index (χ2v) is 4.48. The van der Waals surface area contributed by atoms with E-state index >= 15 is 0 Å². The van der Waals surface area contributed by atoms with Crippen LogP contribution in [0, 0.1) is 0 Å². The van der Waals surface area contributed by atoms with E-state index in [0.717, 1.165) is 0 Å². The van der Waals surface area contributed by atoms with Crippen molar-refractivity contribution >= 4 is 23.5 Å². The molecule has 1 saturated heterocycles. The highest BCUT2D eigenvalue weighted by Crippen LogP contribution is 2.13. The number of piperazine rings is 1. The molecule has 3 amide bonds. The Morgan fingerprint density at radius 1 is 1.55 bits per heavy atom. The van der Waals surface area contributed by atoms with E-state index in [1.54, 1.807) is 19.1 Å². The number of carbonyl (C=O) groups is 3. The zero-order chi connectivity index (χ0) is 14.7. The van der Waals surface area contributed by atoms with Crippen LogP contribution in [-0.4, -0.2) is 46.7 Å². The molecule has 0 aromatic carbocycles. The molecule has 1 aromatic rings. The maximum Gasteiger partial charge on any atom is 0.255 e. The maximum atomic E-state index is 12.4. The van der Waals surface area contributed by atoms with Crippen molar-refractivity contribution in [2.75, 3.05) is 18.4 Å². The molecule has 2 rings (SSSR count). The van der Waals surface area contributed by atoms with Gasteiger partial charge in [0.25, 0.3) is 5.91 Å². The Hall–Kier alpha value is -2.44. The van der Waals surface area contributed by atoms with Gasteiger partial charge in [0.2, 0.25) is 11.8 Å². The van der Waals surface area contributed by atoms with Crippen LogP contribution in [0.4, 0.5) is 5.82 Å². The van der Waals surface area contributed by atoms with Gasteiger partial charge in [0.05, 0.1) is 0 Å². The number of amides is 3. The van der Waals surface area contributed by atoms with E-state index in [0.29, 0.717) is 17.9 Å². The van der Waals surface area contributed by atoms with Crippen LogP contribution in [-0.2, 0) is 9.59 Å². The highest BCUT2D eigenvalue weighted by molar-refractivity contribution is 6.07. The zero-order valence-corrected chi connectivity index (χ0v) is 11.3. The van der Waals surface area contributed by atoms with Gasteiger partial charge in [-0.2, -0.15) is 0 Å². The molecule has 1 fully saturated rings. The van der Waals surface area contributed by atoms with Gasteiger partial charge in [0.1, 0.15) is 18.4 Å². The molecular formula is C13H16N4O3. The first-order chi connectivity index (χ1) is 9.52. The number of rotatable bonds is 3. The van der Waals surface area contributed by atoms with E-state index in [2.05, 4.69) is 15.6 Å². The van der Waals surface area contributed by atoms with Crippen LogP contribution in [0.1, 0.15) is 24.2 Å². The van der Waals surface area contributed by atoms with Crippen LogP contribution in [0.15, 0.2) is 18.3 Å². The lowest BCUT2D eigenvalue weighted by Gasteiger charge is -2.31. The zero-order valence-electron chi connectivity index (χ0n) is 11.3. The molecule has 20 heavy (non-hydrogen) atoms. The summed E-state index contributed by atoms with van der Waals surface area (Å²) in [5.74, 6) is -0.709. The van der Waals surface area contributed by atoms with Gasteiger partial charge >= 0.3 is 0 Å². The summed E-state index contributed by atoms with van der Waals surface area (Å²) in [7, 11) is 0. The van der Waals surface area contributed by atoms with E-state index in [1.807, 2.05) is 6.92 Å². The SMILES string of the molecule is CCNc1cc(C(=O)N2CC(=O)NC(=O)C2C)ccn1. The van der Waals surface area contributed by atoms with E-state index in [9.17, 15) is 14.4 Å². The lowest BCUT2D eigenvalue weighted by atomic mass is 10.1. The number of carbonyl (C=O) groups excluding carboxylic acids is 3. The van der Waals surface area contributed by atoms with Crippen LogP contribution in [0.2, 0.25) is 0 Å². The van der Waals surface area contributed by atoms with Crippen molar-refractivity contribution in [1.82, 2.24) is 15.2 Å². The molecule has 106 valence electrons. The van der Waals surface area contributed by atoms with E-state index in [-0.39, 0.29) is 12.5 Å². The number of anilines is 1. The number of hydrogen-bond acceptors (Lipinski definition) is 5. The lowest BCUT2D eigenvalue weighted by Crippen LogP contribution is -2.58. The number of nitrogens with zero attached hydrogens (tertiary/aromatic N) is 2. The molecule has 1 atom stereocenters. The van der Waals surface area contributed by atoms with Gasteiger partial charge < -0.3 is 10.2 Å². The van der Waals surface area contributed by atoms with Crippen molar-refractivity contribution in [3.63, 3.8) is 0 Å². The average molecular weight is 276 g/mol. The summed E-state index contributed by atoms with van der Waals surface area (Å²) in [4.78, 5) is 40.7. The molecule has 0 radical (unpaired) electrons. The highest BCUT2D eigenvalue weighted by Gasteiger charge is 2.34. The van der Waals surface area contributed by atoms with Crippen LogP contribution in [0.5, 0.6) is 0 Å². The van der Waals surface area contributed by atoms with Crippen molar-refractivity contribution in [1.29, 1.82) is 0 Å². The molecule has 1 aliphatic rings. The number of aromatic nitrogens is 1. The van der Waals surface area contributed by atoms with Crippen molar-refractivity contribution < 1.29 is 14.4 Å². The molecule has 0 bridgehead atoms. The summed E-state index contributed by atoms with van der Waals surface area (Å²) in [6.07, 6.45) is 1.52. The molecule has 0 saturated carbocycles. The molecule has 2 heterocycles. The molecule has 0 aliphatic carbocycles. The third-order valence-electron chi connectivity index (χ3n) is 3.05. The Labute approximate surface area is 116 Å². The molecule has 1 aromatic heterocycles. The summed E-state index contributed by atoms with van der Waals surface area (Å²) in [5.41, 5.74) is 0.394. The summed E-state index contributed by atoms with van der Waals surface area (Å²) in [6.45, 7) is 4.08. The number of hydrogen-bond donors (Lipinski definition) is 2. The normalized spacial score (nSPS) is 18.7.